The summed E-state index contributed by atoms with van der Waals surface area (Å²) in [5.74, 6) is 0.715. The normalized spacial score (nSPS) is 18.8. The van der Waals surface area contributed by atoms with Crippen molar-refractivity contribution >= 4 is 30.1 Å². The van der Waals surface area contributed by atoms with E-state index in [1.807, 2.05) is 38.1 Å². The van der Waals surface area contributed by atoms with Crippen LogP contribution >= 0.6 is 12.4 Å². The van der Waals surface area contributed by atoms with Gasteiger partial charge in [0.25, 0.3) is 5.91 Å². The highest BCUT2D eigenvalue weighted by Gasteiger charge is 2.55. The van der Waals surface area contributed by atoms with Crippen LogP contribution in [0.2, 0.25) is 0 Å². The van der Waals surface area contributed by atoms with Gasteiger partial charge in [-0.25, -0.2) is 0 Å². The van der Waals surface area contributed by atoms with Crippen LogP contribution < -0.4 is 15.4 Å². The fourth-order valence-corrected chi connectivity index (χ4v) is 6.34. The van der Waals surface area contributed by atoms with Gasteiger partial charge in [-0.2, -0.15) is 0 Å². The molecule has 0 aromatic heterocycles. The van der Waals surface area contributed by atoms with Crippen molar-refractivity contribution < 1.29 is 29.3 Å². The van der Waals surface area contributed by atoms with E-state index < -0.39 is 17.7 Å². The summed E-state index contributed by atoms with van der Waals surface area (Å²) in [5.41, 5.74) is 0.733. The van der Waals surface area contributed by atoms with Gasteiger partial charge in [0, 0.05) is 38.3 Å². The molecule has 2 aromatic carbocycles. The van der Waals surface area contributed by atoms with Crippen LogP contribution in [0.15, 0.2) is 48.5 Å². The Kier molecular flexibility index (Phi) is 13.7. The number of hydrogen-bond donors (Lipinski definition) is 4. The molecule has 4 rings (SSSR count). The number of likely N-dealkylation sites (tertiary alicyclic amines) is 1. The van der Waals surface area contributed by atoms with Crippen molar-refractivity contribution in [2.45, 2.75) is 83.5 Å². The molecule has 10 nitrogen and oxygen atoms in total. The Balaban J connectivity index is 0.00000552. The van der Waals surface area contributed by atoms with E-state index in [0.29, 0.717) is 56.1 Å². The third-order valence-corrected chi connectivity index (χ3v) is 9.13. The number of halogens is 1. The van der Waals surface area contributed by atoms with Gasteiger partial charge in [0.1, 0.15) is 23.1 Å². The number of amides is 3. The average molecular weight is 645 g/mol. The second-order valence-corrected chi connectivity index (χ2v) is 11.9. The van der Waals surface area contributed by atoms with Crippen LogP contribution in [0.4, 0.5) is 0 Å². The van der Waals surface area contributed by atoms with Crippen molar-refractivity contribution in [3.8, 4) is 11.5 Å². The van der Waals surface area contributed by atoms with E-state index in [0.717, 1.165) is 31.2 Å². The van der Waals surface area contributed by atoms with Crippen molar-refractivity contribution in [1.29, 1.82) is 0 Å². The first-order chi connectivity index (χ1) is 21.3. The molecule has 11 heteroatoms. The zero-order valence-electron chi connectivity index (χ0n) is 26.7. The maximum absolute atomic E-state index is 13.7. The number of hydrogen-bond acceptors (Lipinski definition) is 7. The molecule has 2 aromatic rings. The van der Waals surface area contributed by atoms with Gasteiger partial charge < -0.3 is 30.5 Å². The van der Waals surface area contributed by atoms with Crippen molar-refractivity contribution in [3.63, 3.8) is 0 Å². The summed E-state index contributed by atoms with van der Waals surface area (Å²) in [7, 11) is 0. The number of nitrogens with one attached hydrogen (secondary N) is 2. The molecule has 2 fully saturated rings. The smallest absolute Gasteiger partial charge is 0.251 e. The minimum atomic E-state index is -0.891. The molecule has 0 radical (unpaired) electrons. The second-order valence-electron chi connectivity index (χ2n) is 11.9. The van der Waals surface area contributed by atoms with Crippen LogP contribution in [0.25, 0.3) is 0 Å². The fourth-order valence-electron chi connectivity index (χ4n) is 6.34. The Hall–Kier alpha value is -3.18. The highest BCUT2D eigenvalue weighted by Crippen LogP contribution is 2.35. The van der Waals surface area contributed by atoms with E-state index in [4.69, 9.17) is 9.84 Å². The molecule has 45 heavy (non-hydrogen) atoms. The van der Waals surface area contributed by atoms with Crippen molar-refractivity contribution in [1.82, 2.24) is 20.4 Å². The number of carbonyl (C=O) groups excluding carboxylic acids is 3. The SMILES string of the molecule is CCCCN1C(=O)[C@@H]([C@H](O)C(CC)CC)NC(=O)C12CCN(Cc1ccc(Oc3ccc(C(=O)NCCO)cc3)cc1)CC2.Cl. The lowest BCUT2D eigenvalue weighted by Gasteiger charge is -2.52. The van der Waals surface area contributed by atoms with Gasteiger partial charge in [0.15, 0.2) is 0 Å². The van der Waals surface area contributed by atoms with Crippen LogP contribution in [0, 0.1) is 5.92 Å². The zero-order valence-corrected chi connectivity index (χ0v) is 27.5. The summed E-state index contributed by atoms with van der Waals surface area (Å²) in [4.78, 5) is 43.5. The highest BCUT2D eigenvalue weighted by molar-refractivity contribution is 6.00. The number of carbonyl (C=O) groups is 3. The van der Waals surface area contributed by atoms with Gasteiger partial charge in [-0.05, 0) is 67.1 Å². The minimum absolute atomic E-state index is 0. The molecule has 2 atom stereocenters. The van der Waals surface area contributed by atoms with E-state index in [-0.39, 0.29) is 49.2 Å². The predicted molar refractivity (Wildman–Crippen MR) is 175 cm³/mol. The molecule has 0 saturated carbocycles. The number of benzene rings is 2. The van der Waals surface area contributed by atoms with Gasteiger partial charge in [0.05, 0.1) is 12.7 Å². The molecule has 0 aliphatic carbocycles. The maximum atomic E-state index is 13.7. The molecule has 0 unspecified atom stereocenters. The lowest BCUT2D eigenvalue weighted by Crippen LogP contribution is -2.75. The number of rotatable bonds is 14. The number of piperidine rings is 1. The Morgan fingerprint density at radius 3 is 2.18 bits per heavy atom. The summed E-state index contributed by atoms with van der Waals surface area (Å²) in [5, 5.41) is 25.5. The average Bonchev–Trinajstić information content (AvgIpc) is 3.04. The molecule has 2 aliphatic rings. The first-order valence-electron chi connectivity index (χ1n) is 16.0. The number of unbranched alkanes of at least 4 members (excludes halogenated alkanes) is 1. The molecule has 248 valence electrons. The van der Waals surface area contributed by atoms with E-state index >= 15 is 0 Å². The van der Waals surface area contributed by atoms with E-state index in [1.165, 1.54) is 0 Å². The minimum Gasteiger partial charge on any atom is -0.457 e. The molecule has 3 amide bonds. The Bertz CT molecular complexity index is 1250. The number of piperazine rings is 1. The Morgan fingerprint density at radius 1 is 1.02 bits per heavy atom. The van der Waals surface area contributed by atoms with Gasteiger partial charge in [0.2, 0.25) is 11.8 Å². The Morgan fingerprint density at radius 2 is 1.62 bits per heavy atom. The first-order valence-corrected chi connectivity index (χ1v) is 16.0. The molecular weight excluding hydrogens is 596 g/mol. The largest absolute Gasteiger partial charge is 0.457 e. The fraction of sp³-hybridized carbons (Fsp3) is 0.559. The number of aliphatic hydroxyl groups is 2. The second kappa shape index (κ2) is 16.9. The lowest BCUT2D eigenvalue weighted by molar-refractivity contribution is -0.165. The van der Waals surface area contributed by atoms with Crippen LogP contribution in [0.1, 0.15) is 75.2 Å². The molecule has 2 heterocycles. The number of aliphatic hydroxyl groups excluding tert-OH is 2. The van der Waals surface area contributed by atoms with Gasteiger partial charge in [-0.1, -0.05) is 52.2 Å². The summed E-state index contributed by atoms with van der Waals surface area (Å²) in [6.07, 6.45) is 3.45. The quantitative estimate of drug-likeness (QED) is 0.245. The van der Waals surface area contributed by atoms with Gasteiger partial charge >= 0.3 is 0 Å². The molecule has 4 N–H and O–H groups in total. The molecule has 0 bridgehead atoms. The highest BCUT2D eigenvalue weighted by atomic mass is 35.5. The van der Waals surface area contributed by atoms with Crippen LogP contribution in [0.5, 0.6) is 11.5 Å². The number of nitrogens with zero attached hydrogens (tertiary/aromatic N) is 2. The Labute approximate surface area is 272 Å². The van der Waals surface area contributed by atoms with E-state index in [2.05, 4.69) is 22.5 Å². The molecule has 2 aliphatic heterocycles. The molecule has 2 saturated heterocycles. The zero-order chi connectivity index (χ0) is 31.7. The van der Waals surface area contributed by atoms with Crippen LogP contribution in [-0.4, -0.2) is 88.2 Å². The van der Waals surface area contributed by atoms with E-state index in [1.54, 1.807) is 29.2 Å². The van der Waals surface area contributed by atoms with Crippen molar-refractivity contribution in [2.75, 3.05) is 32.8 Å². The van der Waals surface area contributed by atoms with Crippen molar-refractivity contribution in [3.05, 3.63) is 59.7 Å². The topological polar surface area (TPSA) is 131 Å². The monoisotopic (exact) mass is 644 g/mol. The summed E-state index contributed by atoms with van der Waals surface area (Å²) in [6.45, 7) is 8.78. The van der Waals surface area contributed by atoms with Crippen molar-refractivity contribution in [2.24, 2.45) is 5.92 Å². The standard InChI is InChI=1S/C34H48N4O6.ClH/c1-4-7-19-38-32(42)29(30(40)25(5-2)6-3)36-33(43)34(38)16-20-37(21-17-34)23-24-8-12-27(13-9-24)44-28-14-10-26(11-15-28)31(41)35-18-22-39;/h8-15,25,29-30,39-40H,4-7,16-23H2,1-3H3,(H,35,41)(H,36,43);1H/t29-,30-;/m1./s1. The first kappa shape index (κ1) is 36.3. The summed E-state index contributed by atoms with van der Waals surface area (Å²) in [6, 6.07) is 13.8. The molecular formula is C34H49ClN4O6. The van der Waals surface area contributed by atoms with Crippen LogP contribution in [0.3, 0.4) is 0 Å². The third kappa shape index (κ3) is 8.55. The van der Waals surface area contributed by atoms with E-state index in [9.17, 15) is 19.5 Å². The maximum Gasteiger partial charge on any atom is 0.251 e. The number of ether oxygens (including phenoxy) is 1. The van der Waals surface area contributed by atoms with Crippen LogP contribution in [-0.2, 0) is 16.1 Å². The third-order valence-electron chi connectivity index (χ3n) is 9.13. The summed E-state index contributed by atoms with van der Waals surface area (Å²) < 4.78 is 5.95. The lowest BCUT2D eigenvalue weighted by atomic mass is 9.79. The predicted octanol–water partition coefficient (Wildman–Crippen LogP) is 3.88. The molecule has 1 spiro atoms. The summed E-state index contributed by atoms with van der Waals surface area (Å²) >= 11 is 0. The van der Waals surface area contributed by atoms with Gasteiger partial charge in [-0.15, -0.1) is 12.4 Å². The van der Waals surface area contributed by atoms with Gasteiger partial charge in [-0.3, -0.25) is 19.3 Å².